The van der Waals surface area contributed by atoms with Crippen molar-refractivity contribution >= 4 is 23.4 Å². The van der Waals surface area contributed by atoms with Crippen molar-refractivity contribution in [1.29, 1.82) is 0 Å². The summed E-state index contributed by atoms with van der Waals surface area (Å²) in [5.74, 6) is 0.0634. The molecule has 5 rings (SSSR count). The number of ether oxygens (including phenoxy) is 3. The van der Waals surface area contributed by atoms with E-state index in [4.69, 9.17) is 14.2 Å². The number of hydrogen-bond acceptors (Lipinski definition) is 7. The van der Waals surface area contributed by atoms with E-state index >= 15 is 0 Å². The van der Waals surface area contributed by atoms with E-state index in [-0.39, 0.29) is 24.6 Å². The fraction of sp³-hybridized carbons (Fsp3) is 0.229. The maximum absolute atomic E-state index is 14.3. The Labute approximate surface area is 258 Å². The van der Waals surface area contributed by atoms with Gasteiger partial charge in [0, 0.05) is 11.1 Å². The van der Waals surface area contributed by atoms with Gasteiger partial charge in [0.25, 0.3) is 5.56 Å². The molecule has 0 N–H and O–H groups in total. The number of benzene rings is 3. The molecule has 226 valence electrons. The third kappa shape index (κ3) is 6.14. The van der Waals surface area contributed by atoms with E-state index in [1.165, 1.54) is 24.5 Å². The van der Waals surface area contributed by atoms with Crippen LogP contribution in [0.4, 0.5) is 4.39 Å². The van der Waals surface area contributed by atoms with Gasteiger partial charge in [0.05, 0.1) is 35.6 Å². The van der Waals surface area contributed by atoms with E-state index in [1.54, 1.807) is 54.8 Å². The molecule has 2 heterocycles. The van der Waals surface area contributed by atoms with Gasteiger partial charge in [-0.15, -0.1) is 6.58 Å². The van der Waals surface area contributed by atoms with Gasteiger partial charge in [-0.3, -0.25) is 9.36 Å². The molecule has 0 spiro atoms. The van der Waals surface area contributed by atoms with Crippen LogP contribution >= 0.6 is 11.3 Å². The molecule has 3 aromatic carbocycles. The average molecular weight is 613 g/mol. The van der Waals surface area contributed by atoms with E-state index in [1.807, 2.05) is 37.3 Å². The number of thiazole rings is 1. The minimum atomic E-state index is -0.687. The minimum absolute atomic E-state index is 0.0201. The van der Waals surface area contributed by atoms with Gasteiger partial charge in [-0.25, -0.2) is 14.2 Å². The second-order valence-corrected chi connectivity index (χ2v) is 11.3. The van der Waals surface area contributed by atoms with Crippen LogP contribution in [0.5, 0.6) is 11.5 Å². The Hall–Kier alpha value is -4.76. The topological polar surface area (TPSA) is 79.1 Å². The van der Waals surface area contributed by atoms with E-state index in [0.29, 0.717) is 49.7 Å². The van der Waals surface area contributed by atoms with Crippen LogP contribution in [0.15, 0.2) is 94.4 Å². The second kappa shape index (κ2) is 13.3. The monoisotopic (exact) mass is 612 g/mol. The summed E-state index contributed by atoms with van der Waals surface area (Å²) in [7, 11) is 1.53. The molecule has 0 amide bonds. The number of allylic oxidation sites excluding steroid dienone is 2. The Kier molecular flexibility index (Phi) is 9.25. The molecule has 9 heteroatoms. The first kappa shape index (κ1) is 30.7. The van der Waals surface area contributed by atoms with Gasteiger partial charge in [-0.1, -0.05) is 65.4 Å². The van der Waals surface area contributed by atoms with Crippen LogP contribution in [0.2, 0.25) is 0 Å². The standard InChI is InChI=1S/C35H33FN2O5S/c1-6-10-25-17-23(18-28(41-5)32(25)43-20-26-11-8-9-12-27(26)36)19-29-33(39)38-31(24-15-13-21(3)14-16-24)30(34(40)42-7-2)22(4)37-35(38)44-29/h6,8-9,11-19,31H,1,7,10,20H2,2-5H3/b29-19+/t31-/m1/s1. The van der Waals surface area contributed by atoms with E-state index < -0.39 is 12.0 Å². The number of esters is 1. The quantitative estimate of drug-likeness (QED) is 0.173. The van der Waals surface area contributed by atoms with Crippen LogP contribution < -0.4 is 24.4 Å². The number of nitrogens with zero attached hydrogens (tertiary/aromatic N) is 2. The summed E-state index contributed by atoms with van der Waals surface area (Å²) in [5.41, 5.74) is 4.30. The molecule has 4 aromatic rings. The van der Waals surface area contributed by atoms with Crippen LogP contribution in [-0.2, 0) is 22.6 Å². The Morgan fingerprint density at radius 3 is 2.55 bits per heavy atom. The van der Waals surface area contributed by atoms with E-state index in [2.05, 4.69) is 11.6 Å². The summed E-state index contributed by atoms with van der Waals surface area (Å²) >= 11 is 1.24. The maximum atomic E-state index is 14.3. The van der Waals surface area contributed by atoms with Crippen molar-refractivity contribution in [2.75, 3.05) is 13.7 Å². The number of carbonyl (C=O) groups excluding carboxylic acids is 1. The maximum Gasteiger partial charge on any atom is 0.338 e. The van der Waals surface area contributed by atoms with Gasteiger partial charge < -0.3 is 14.2 Å². The third-order valence-electron chi connectivity index (χ3n) is 7.28. The molecule has 1 atom stereocenters. The molecule has 0 saturated carbocycles. The number of methoxy groups -OCH3 is 1. The number of fused-ring (bicyclic) bond motifs is 1. The first-order chi connectivity index (χ1) is 21.2. The highest BCUT2D eigenvalue weighted by Crippen LogP contribution is 2.35. The Morgan fingerprint density at radius 2 is 1.86 bits per heavy atom. The number of aryl methyl sites for hydroxylation is 1. The highest BCUT2D eigenvalue weighted by Gasteiger charge is 2.33. The summed E-state index contributed by atoms with van der Waals surface area (Å²) in [5, 5.41) is 0. The summed E-state index contributed by atoms with van der Waals surface area (Å²) in [6, 6.07) is 17.2. The smallest absolute Gasteiger partial charge is 0.338 e. The van der Waals surface area contributed by atoms with E-state index in [9.17, 15) is 14.0 Å². The lowest BCUT2D eigenvalue weighted by molar-refractivity contribution is -0.139. The third-order valence-corrected chi connectivity index (χ3v) is 8.26. The predicted octanol–water partition coefficient (Wildman–Crippen LogP) is 5.56. The van der Waals surface area contributed by atoms with Crippen LogP contribution in [0, 0.1) is 12.7 Å². The molecular weight excluding hydrogens is 579 g/mol. The molecule has 0 radical (unpaired) electrons. The number of hydrogen-bond donors (Lipinski definition) is 0. The Bertz CT molecular complexity index is 1940. The summed E-state index contributed by atoms with van der Waals surface area (Å²) in [6.45, 7) is 9.58. The van der Waals surface area contributed by atoms with Gasteiger partial charge in [-0.2, -0.15) is 0 Å². The zero-order valence-electron chi connectivity index (χ0n) is 25.1. The van der Waals surface area contributed by atoms with Gasteiger partial charge in [-0.05, 0) is 62.6 Å². The molecular formula is C35H33FN2O5S. The van der Waals surface area contributed by atoms with Gasteiger partial charge in [0.1, 0.15) is 12.4 Å². The molecule has 1 aliphatic heterocycles. The lowest BCUT2D eigenvalue weighted by Crippen LogP contribution is -2.39. The highest BCUT2D eigenvalue weighted by atomic mass is 32.1. The largest absolute Gasteiger partial charge is 0.493 e. The molecule has 44 heavy (non-hydrogen) atoms. The number of carbonyl (C=O) groups is 1. The first-order valence-electron chi connectivity index (χ1n) is 14.2. The lowest BCUT2D eigenvalue weighted by Gasteiger charge is -2.24. The molecule has 0 aliphatic carbocycles. The van der Waals surface area contributed by atoms with Crippen molar-refractivity contribution in [2.45, 2.75) is 39.8 Å². The molecule has 0 unspecified atom stereocenters. The zero-order chi connectivity index (χ0) is 31.4. The molecule has 1 aromatic heterocycles. The summed E-state index contributed by atoms with van der Waals surface area (Å²) in [4.78, 5) is 32.3. The van der Waals surface area contributed by atoms with Crippen LogP contribution in [0.25, 0.3) is 6.08 Å². The summed E-state index contributed by atoms with van der Waals surface area (Å²) < 4.78 is 33.4. The number of rotatable bonds is 10. The molecule has 1 aliphatic rings. The first-order valence-corrected chi connectivity index (χ1v) is 15.0. The Morgan fingerprint density at radius 1 is 1.11 bits per heavy atom. The molecule has 0 bridgehead atoms. The average Bonchev–Trinajstić information content (AvgIpc) is 3.30. The van der Waals surface area contributed by atoms with Crippen molar-refractivity contribution in [3.8, 4) is 11.5 Å². The van der Waals surface area contributed by atoms with Crippen molar-refractivity contribution < 1.29 is 23.4 Å². The van der Waals surface area contributed by atoms with Crippen LogP contribution in [0.3, 0.4) is 0 Å². The van der Waals surface area contributed by atoms with Crippen molar-refractivity contribution in [3.63, 3.8) is 0 Å². The van der Waals surface area contributed by atoms with Crippen molar-refractivity contribution in [3.05, 3.63) is 138 Å². The number of aromatic nitrogens is 1. The molecule has 0 saturated heterocycles. The van der Waals surface area contributed by atoms with Crippen LogP contribution in [0.1, 0.15) is 47.7 Å². The molecule has 0 fully saturated rings. The van der Waals surface area contributed by atoms with Crippen molar-refractivity contribution in [1.82, 2.24) is 4.57 Å². The zero-order valence-corrected chi connectivity index (χ0v) is 25.9. The van der Waals surface area contributed by atoms with Gasteiger partial charge in [0.15, 0.2) is 16.3 Å². The lowest BCUT2D eigenvalue weighted by atomic mass is 9.95. The number of halogens is 1. The summed E-state index contributed by atoms with van der Waals surface area (Å²) in [6.07, 6.45) is 3.97. The van der Waals surface area contributed by atoms with Gasteiger partial charge in [0.2, 0.25) is 0 Å². The normalized spacial score (nSPS) is 14.6. The predicted molar refractivity (Wildman–Crippen MR) is 169 cm³/mol. The molecule has 7 nitrogen and oxygen atoms in total. The fourth-order valence-electron chi connectivity index (χ4n) is 5.16. The fourth-order valence-corrected chi connectivity index (χ4v) is 6.21. The highest BCUT2D eigenvalue weighted by molar-refractivity contribution is 7.07. The second-order valence-electron chi connectivity index (χ2n) is 10.3. The SMILES string of the molecule is C=CCc1cc(/C=c2/sc3n(c2=O)[C@H](c2ccc(C)cc2)C(C(=O)OCC)=C(C)N=3)cc(OC)c1OCc1ccccc1F. The van der Waals surface area contributed by atoms with Crippen LogP contribution in [-0.4, -0.2) is 24.3 Å². The van der Waals surface area contributed by atoms with E-state index in [0.717, 1.165) is 16.7 Å². The van der Waals surface area contributed by atoms with Gasteiger partial charge >= 0.3 is 5.97 Å². The Balaban J connectivity index is 1.61. The minimum Gasteiger partial charge on any atom is -0.493 e. The van der Waals surface area contributed by atoms with Crippen molar-refractivity contribution in [2.24, 2.45) is 4.99 Å².